The molecule has 3 aromatic rings. The molecule has 8 heteroatoms. The van der Waals surface area contributed by atoms with E-state index in [0.717, 1.165) is 24.9 Å². The Bertz CT molecular complexity index is 1050. The molecule has 0 aliphatic carbocycles. The number of H-pyrrole nitrogens is 1. The lowest BCUT2D eigenvalue weighted by atomic mass is 9.98. The van der Waals surface area contributed by atoms with E-state index in [-0.39, 0.29) is 24.2 Å². The number of hydrogen-bond acceptors (Lipinski definition) is 4. The Morgan fingerprint density at radius 3 is 2.89 bits per heavy atom. The summed E-state index contributed by atoms with van der Waals surface area (Å²) in [5.41, 5.74) is 2.09. The van der Waals surface area contributed by atoms with Gasteiger partial charge in [0.2, 0.25) is 5.91 Å². The van der Waals surface area contributed by atoms with Crippen LogP contribution in [-0.2, 0) is 4.79 Å². The first-order chi connectivity index (χ1) is 13.2. The highest BCUT2D eigenvalue weighted by Crippen LogP contribution is 2.30. The van der Waals surface area contributed by atoms with E-state index in [2.05, 4.69) is 20.8 Å². The van der Waals surface area contributed by atoms with E-state index < -0.39 is 5.82 Å². The van der Waals surface area contributed by atoms with Gasteiger partial charge in [0.05, 0.1) is 23.1 Å². The smallest absolute Gasteiger partial charge is 0.229 e. The van der Waals surface area contributed by atoms with E-state index in [1.807, 2.05) is 6.07 Å². The third-order valence-electron chi connectivity index (χ3n) is 4.88. The molecule has 1 aliphatic rings. The number of benzene rings is 2. The van der Waals surface area contributed by atoms with E-state index in [1.54, 1.807) is 18.2 Å². The number of nitrogens with zero attached hydrogens (tertiary/aromatic N) is 2. The minimum Gasteiger partial charge on any atom is -0.316 e. The maximum Gasteiger partial charge on any atom is 0.229 e. The largest absolute Gasteiger partial charge is 0.316 e. The summed E-state index contributed by atoms with van der Waals surface area (Å²) >= 11 is 0. The van der Waals surface area contributed by atoms with Gasteiger partial charge in [-0.05, 0) is 55.3 Å². The second kappa shape index (κ2) is 8.38. The van der Waals surface area contributed by atoms with Gasteiger partial charge in [-0.2, -0.15) is 10.4 Å². The molecular formula is C20H19ClFN5O. The third-order valence-corrected chi connectivity index (χ3v) is 4.88. The normalized spacial score (nSPS) is 16.2. The SMILES string of the molecule is Cl.N#Cc1ccc(F)c(-c2ccc3[nH]nc(NC(=O)[C@@H]4CCCNC4)c3c2)c1. The van der Waals surface area contributed by atoms with Crippen molar-refractivity contribution < 1.29 is 9.18 Å². The van der Waals surface area contributed by atoms with Crippen LogP contribution in [0.15, 0.2) is 36.4 Å². The van der Waals surface area contributed by atoms with E-state index in [9.17, 15) is 9.18 Å². The molecule has 0 spiro atoms. The van der Waals surface area contributed by atoms with Gasteiger partial charge in [0.25, 0.3) is 0 Å². The van der Waals surface area contributed by atoms with Crippen LogP contribution >= 0.6 is 12.4 Å². The molecule has 1 fully saturated rings. The Morgan fingerprint density at radius 2 is 2.14 bits per heavy atom. The zero-order valence-corrected chi connectivity index (χ0v) is 15.8. The first-order valence-electron chi connectivity index (χ1n) is 8.85. The van der Waals surface area contributed by atoms with Crippen LogP contribution in [0.4, 0.5) is 10.2 Å². The summed E-state index contributed by atoms with van der Waals surface area (Å²) in [5.74, 6) is -0.132. The van der Waals surface area contributed by atoms with Crippen LogP contribution in [0.3, 0.4) is 0 Å². The Morgan fingerprint density at radius 1 is 1.29 bits per heavy atom. The number of fused-ring (bicyclic) bond motifs is 1. The second-order valence-corrected chi connectivity index (χ2v) is 6.67. The number of carbonyl (C=O) groups excluding carboxylic acids is 1. The van der Waals surface area contributed by atoms with Gasteiger partial charge in [-0.3, -0.25) is 9.89 Å². The minimum atomic E-state index is -0.407. The lowest BCUT2D eigenvalue weighted by Crippen LogP contribution is -2.37. The van der Waals surface area contributed by atoms with Gasteiger partial charge in [-0.15, -0.1) is 12.4 Å². The number of nitriles is 1. The number of piperidine rings is 1. The fourth-order valence-corrected chi connectivity index (χ4v) is 3.39. The average molecular weight is 400 g/mol. The quantitative estimate of drug-likeness (QED) is 0.627. The number of amides is 1. The van der Waals surface area contributed by atoms with Crippen molar-refractivity contribution in [3.8, 4) is 17.2 Å². The van der Waals surface area contributed by atoms with Crippen molar-refractivity contribution in [2.45, 2.75) is 12.8 Å². The topological polar surface area (TPSA) is 93.6 Å². The zero-order chi connectivity index (χ0) is 18.8. The number of halogens is 2. The molecule has 2 aromatic carbocycles. The van der Waals surface area contributed by atoms with Gasteiger partial charge < -0.3 is 10.6 Å². The summed E-state index contributed by atoms with van der Waals surface area (Å²) in [5, 5.41) is 23.0. The van der Waals surface area contributed by atoms with Gasteiger partial charge in [-0.25, -0.2) is 4.39 Å². The highest BCUT2D eigenvalue weighted by atomic mass is 35.5. The maximum atomic E-state index is 14.3. The molecule has 144 valence electrons. The van der Waals surface area contributed by atoms with Crippen LogP contribution in [0.5, 0.6) is 0 Å². The molecule has 4 rings (SSSR count). The number of aromatic amines is 1. The summed E-state index contributed by atoms with van der Waals surface area (Å²) < 4.78 is 14.3. The second-order valence-electron chi connectivity index (χ2n) is 6.67. The summed E-state index contributed by atoms with van der Waals surface area (Å²) in [6, 6.07) is 11.6. The molecule has 1 aromatic heterocycles. The molecule has 0 radical (unpaired) electrons. The molecule has 1 saturated heterocycles. The summed E-state index contributed by atoms with van der Waals surface area (Å²) in [4.78, 5) is 12.5. The van der Waals surface area contributed by atoms with Gasteiger partial charge in [-0.1, -0.05) is 6.07 Å². The molecule has 28 heavy (non-hydrogen) atoms. The van der Waals surface area contributed by atoms with Crippen molar-refractivity contribution >= 4 is 35.0 Å². The molecule has 1 atom stereocenters. The first-order valence-corrected chi connectivity index (χ1v) is 8.85. The maximum absolute atomic E-state index is 14.3. The number of hydrogen-bond donors (Lipinski definition) is 3. The molecular weight excluding hydrogens is 381 g/mol. The zero-order valence-electron chi connectivity index (χ0n) is 15.0. The van der Waals surface area contributed by atoms with E-state index in [1.165, 1.54) is 18.2 Å². The van der Waals surface area contributed by atoms with Crippen LogP contribution in [0.1, 0.15) is 18.4 Å². The standard InChI is InChI=1S/C20H18FN5O.ClH/c21-17-5-3-12(10-22)8-15(17)13-4-6-18-16(9-13)19(26-25-18)24-20(27)14-2-1-7-23-11-14;/h3-6,8-9,14,23H,1-2,7,11H2,(H2,24,25,26,27);1H/t14-;/m1./s1. The fourth-order valence-electron chi connectivity index (χ4n) is 3.39. The van der Waals surface area contributed by atoms with Crippen molar-refractivity contribution in [1.82, 2.24) is 15.5 Å². The van der Waals surface area contributed by atoms with Gasteiger partial charge >= 0.3 is 0 Å². The minimum absolute atomic E-state index is 0. The van der Waals surface area contributed by atoms with Crippen molar-refractivity contribution in [3.63, 3.8) is 0 Å². The van der Waals surface area contributed by atoms with Crippen molar-refractivity contribution in [2.24, 2.45) is 5.92 Å². The lowest BCUT2D eigenvalue weighted by molar-refractivity contribution is -0.120. The first kappa shape index (κ1) is 19.8. The molecule has 6 nitrogen and oxygen atoms in total. The molecule has 0 bridgehead atoms. The third kappa shape index (κ3) is 3.84. The number of nitrogens with one attached hydrogen (secondary N) is 3. The van der Waals surface area contributed by atoms with Crippen molar-refractivity contribution in [1.29, 1.82) is 5.26 Å². The Balaban J connectivity index is 0.00000225. The molecule has 1 aliphatic heterocycles. The van der Waals surface area contributed by atoms with Crippen molar-refractivity contribution in [3.05, 3.63) is 47.8 Å². The van der Waals surface area contributed by atoms with E-state index in [4.69, 9.17) is 5.26 Å². The van der Waals surface area contributed by atoms with Gasteiger partial charge in [0, 0.05) is 17.5 Å². The van der Waals surface area contributed by atoms with Crippen LogP contribution in [0.2, 0.25) is 0 Å². The molecule has 3 N–H and O–H groups in total. The molecule has 2 heterocycles. The van der Waals surface area contributed by atoms with Crippen LogP contribution in [-0.4, -0.2) is 29.2 Å². The number of anilines is 1. The van der Waals surface area contributed by atoms with Crippen LogP contribution < -0.4 is 10.6 Å². The Labute approximate surface area is 167 Å². The lowest BCUT2D eigenvalue weighted by Gasteiger charge is -2.21. The molecule has 0 saturated carbocycles. The number of rotatable bonds is 3. The van der Waals surface area contributed by atoms with Gasteiger partial charge in [0.1, 0.15) is 5.82 Å². The summed E-state index contributed by atoms with van der Waals surface area (Å²) in [6.07, 6.45) is 1.82. The Kier molecular flexibility index (Phi) is 5.93. The number of aromatic nitrogens is 2. The molecule has 1 amide bonds. The monoisotopic (exact) mass is 399 g/mol. The van der Waals surface area contributed by atoms with Crippen molar-refractivity contribution in [2.75, 3.05) is 18.4 Å². The highest BCUT2D eigenvalue weighted by Gasteiger charge is 2.22. The van der Waals surface area contributed by atoms with Crippen LogP contribution in [0.25, 0.3) is 22.0 Å². The van der Waals surface area contributed by atoms with Gasteiger partial charge in [0.15, 0.2) is 5.82 Å². The average Bonchev–Trinajstić information content (AvgIpc) is 3.11. The summed E-state index contributed by atoms with van der Waals surface area (Å²) in [6.45, 7) is 1.59. The molecule has 0 unspecified atom stereocenters. The Hall–Kier alpha value is -2.95. The predicted molar refractivity (Wildman–Crippen MR) is 108 cm³/mol. The predicted octanol–water partition coefficient (Wildman–Crippen LogP) is 3.60. The fraction of sp³-hybridized carbons (Fsp3) is 0.250. The number of carbonyl (C=O) groups is 1. The van der Waals surface area contributed by atoms with E-state index in [0.29, 0.717) is 34.4 Å². The van der Waals surface area contributed by atoms with Crippen LogP contribution in [0, 0.1) is 23.1 Å². The van der Waals surface area contributed by atoms with E-state index >= 15 is 0 Å². The summed E-state index contributed by atoms with van der Waals surface area (Å²) in [7, 11) is 0. The highest BCUT2D eigenvalue weighted by molar-refractivity contribution is 6.01.